The second kappa shape index (κ2) is 8.89. The van der Waals surface area contributed by atoms with Crippen LogP contribution in [0.25, 0.3) is 0 Å². The molecule has 0 saturated heterocycles. The van der Waals surface area contributed by atoms with Gasteiger partial charge < -0.3 is 10.6 Å². The van der Waals surface area contributed by atoms with Crippen molar-refractivity contribution in [3.05, 3.63) is 35.4 Å². The van der Waals surface area contributed by atoms with E-state index in [1.165, 1.54) is 12.1 Å². The predicted octanol–water partition coefficient (Wildman–Crippen LogP) is 3.79. The van der Waals surface area contributed by atoms with Crippen LogP contribution in [-0.4, -0.2) is 24.7 Å². The Kier molecular flexibility index (Phi) is 7.53. The first-order valence-electron chi connectivity index (χ1n) is 6.61. The molecule has 0 bridgehead atoms. The van der Waals surface area contributed by atoms with Gasteiger partial charge in [-0.3, -0.25) is 0 Å². The average Bonchev–Trinajstić information content (AvgIpc) is 2.45. The molecule has 0 radical (unpaired) electrons. The first kappa shape index (κ1) is 17.8. The van der Waals surface area contributed by atoms with Gasteiger partial charge in [0, 0.05) is 12.4 Å². The van der Waals surface area contributed by atoms with Crippen molar-refractivity contribution < 1.29 is 18.0 Å². The molecule has 1 aromatic rings. The van der Waals surface area contributed by atoms with Gasteiger partial charge in [-0.15, -0.1) is 11.6 Å². The molecule has 2 N–H and O–H groups in total. The van der Waals surface area contributed by atoms with Crippen LogP contribution in [0.5, 0.6) is 0 Å². The summed E-state index contributed by atoms with van der Waals surface area (Å²) in [4.78, 5) is 5.04. The lowest BCUT2D eigenvalue weighted by Gasteiger charge is -2.09. The maximum Gasteiger partial charge on any atom is 0.416 e. The van der Waals surface area contributed by atoms with Crippen molar-refractivity contribution in [2.45, 2.75) is 25.4 Å². The molecule has 0 saturated carbocycles. The minimum atomic E-state index is -4.34. The van der Waals surface area contributed by atoms with Crippen molar-refractivity contribution in [2.24, 2.45) is 10.9 Å². The molecule has 1 aromatic carbocycles. The average molecular weight is 323 g/mol. The smallest absolute Gasteiger partial charge is 0.394 e. The van der Waals surface area contributed by atoms with Gasteiger partial charge in [0.25, 0.3) is 0 Å². The van der Waals surface area contributed by atoms with Crippen molar-refractivity contribution in [3.8, 4) is 0 Å². The van der Waals surface area contributed by atoms with Crippen molar-refractivity contribution in [3.63, 3.8) is 0 Å². The fourth-order valence-electron chi connectivity index (χ4n) is 1.66. The van der Waals surface area contributed by atoms with E-state index in [9.17, 15) is 13.2 Å². The van der Waals surface area contributed by atoms with E-state index < -0.39 is 11.7 Å². The summed E-state index contributed by atoms with van der Waals surface area (Å²) in [5.74, 6) is 0.532. The molecular formula is C14H18ClF3N2O. The third-order valence-corrected chi connectivity index (χ3v) is 2.99. The molecule has 0 amide bonds. The van der Waals surface area contributed by atoms with Gasteiger partial charge in [0.2, 0.25) is 0 Å². The number of hydrogen-bond donors (Lipinski definition) is 1. The van der Waals surface area contributed by atoms with Gasteiger partial charge in [0.15, 0.2) is 0 Å². The number of rotatable bonds is 8. The van der Waals surface area contributed by atoms with Crippen LogP contribution in [-0.2, 0) is 11.0 Å². The summed E-state index contributed by atoms with van der Waals surface area (Å²) in [6.45, 7) is 0.588. The topological polar surface area (TPSA) is 47.6 Å². The highest BCUT2D eigenvalue weighted by Gasteiger charge is 2.30. The Morgan fingerprint density at radius 2 is 1.86 bits per heavy atom. The fourth-order valence-corrected chi connectivity index (χ4v) is 1.85. The number of nitrogens with zero attached hydrogens (tertiary/aromatic N) is 1. The van der Waals surface area contributed by atoms with Crippen LogP contribution in [0.1, 0.15) is 30.4 Å². The van der Waals surface area contributed by atoms with Crippen molar-refractivity contribution in [1.29, 1.82) is 0 Å². The van der Waals surface area contributed by atoms with E-state index >= 15 is 0 Å². The number of oxime groups is 1. The number of hydrogen-bond acceptors (Lipinski definition) is 3. The highest BCUT2D eigenvalue weighted by molar-refractivity contribution is 6.17. The van der Waals surface area contributed by atoms with Gasteiger partial charge in [-0.25, -0.2) is 0 Å². The Morgan fingerprint density at radius 3 is 2.38 bits per heavy atom. The van der Waals surface area contributed by atoms with Gasteiger partial charge in [-0.2, -0.15) is 13.2 Å². The molecule has 0 aliphatic heterocycles. The standard InChI is InChI=1S/C14H18ClF3N2O/c15-8-2-1-3-13(20-21-10-9-19)11-4-6-12(7-5-11)14(16,17)18/h4-7H,1-3,8-10,19H2. The maximum atomic E-state index is 12.5. The molecule has 0 heterocycles. The summed E-state index contributed by atoms with van der Waals surface area (Å²) in [7, 11) is 0. The van der Waals surface area contributed by atoms with Crippen LogP contribution < -0.4 is 5.73 Å². The molecule has 0 spiro atoms. The van der Waals surface area contributed by atoms with Crippen LogP contribution in [0.2, 0.25) is 0 Å². The Bertz CT molecular complexity index is 447. The number of unbranched alkanes of at least 4 members (excludes halogenated alkanes) is 1. The summed E-state index contributed by atoms with van der Waals surface area (Å²) in [6.07, 6.45) is -2.17. The van der Waals surface area contributed by atoms with Crippen molar-refractivity contribution >= 4 is 17.3 Å². The summed E-state index contributed by atoms with van der Waals surface area (Å²) in [6, 6.07) is 4.87. The highest BCUT2D eigenvalue weighted by atomic mass is 35.5. The Balaban J connectivity index is 2.83. The van der Waals surface area contributed by atoms with E-state index in [4.69, 9.17) is 22.2 Å². The van der Waals surface area contributed by atoms with E-state index in [2.05, 4.69) is 5.16 Å². The third kappa shape index (κ3) is 6.35. The molecular weight excluding hydrogens is 305 g/mol. The molecule has 0 unspecified atom stereocenters. The van der Waals surface area contributed by atoms with E-state index in [-0.39, 0.29) is 6.61 Å². The monoisotopic (exact) mass is 322 g/mol. The van der Waals surface area contributed by atoms with Gasteiger partial charge in [-0.05, 0) is 37.0 Å². The Hall–Kier alpha value is -1.27. The largest absolute Gasteiger partial charge is 0.416 e. The van der Waals surface area contributed by atoms with E-state index in [1.54, 1.807) is 0 Å². The lowest BCUT2D eigenvalue weighted by atomic mass is 10.0. The zero-order valence-electron chi connectivity index (χ0n) is 11.5. The zero-order valence-corrected chi connectivity index (χ0v) is 12.3. The van der Waals surface area contributed by atoms with Gasteiger partial charge >= 0.3 is 6.18 Å². The van der Waals surface area contributed by atoms with E-state index in [1.807, 2.05) is 0 Å². The number of alkyl halides is 4. The number of halogens is 4. The predicted molar refractivity (Wildman–Crippen MR) is 77.6 cm³/mol. The summed E-state index contributed by atoms with van der Waals surface area (Å²) in [5.41, 5.74) is 5.83. The third-order valence-electron chi connectivity index (χ3n) is 2.73. The summed E-state index contributed by atoms with van der Waals surface area (Å²) in [5, 5.41) is 3.96. The molecule has 3 nitrogen and oxygen atoms in total. The van der Waals surface area contributed by atoms with Gasteiger partial charge in [0.1, 0.15) is 6.61 Å². The van der Waals surface area contributed by atoms with Crippen LogP contribution >= 0.6 is 11.6 Å². The van der Waals surface area contributed by atoms with Crippen molar-refractivity contribution in [2.75, 3.05) is 19.0 Å². The number of nitrogens with two attached hydrogens (primary N) is 1. The Morgan fingerprint density at radius 1 is 1.19 bits per heavy atom. The van der Waals surface area contributed by atoms with Crippen LogP contribution in [0, 0.1) is 0 Å². The molecule has 0 atom stereocenters. The molecule has 0 fully saturated rings. The van der Waals surface area contributed by atoms with Gasteiger partial charge in [0.05, 0.1) is 11.3 Å². The molecule has 0 aliphatic carbocycles. The van der Waals surface area contributed by atoms with Crippen LogP contribution in [0.3, 0.4) is 0 Å². The Labute approximate surface area is 126 Å². The summed E-state index contributed by atoms with van der Waals surface area (Å²) >= 11 is 5.62. The highest BCUT2D eigenvalue weighted by Crippen LogP contribution is 2.29. The zero-order chi connectivity index (χ0) is 15.7. The lowest BCUT2D eigenvalue weighted by molar-refractivity contribution is -0.137. The normalized spacial score (nSPS) is 12.5. The quantitative estimate of drug-likeness (QED) is 0.342. The molecule has 21 heavy (non-hydrogen) atoms. The lowest BCUT2D eigenvalue weighted by Crippen LogP contribution is -2.09. The minimum absolute atomic E-state index is 0.264. The fraction of sp³-hybridized carbons (Fsp3) is 0.500. The molecule has 118 valence electrons. The minimum Gasteiger partial charge on any atom is -0.394 e. The SMILES string of the molecule is NCCON=C(CCCCCl)c1ccc(C(F)(F)F)cc1. The van der Waals surface area contributed by atoms with Crippen molar-refractivity contribution in [1.82, 2.24) is 0 Å². The second-order valence-electron chi connectivity index (χ2n) is 4.38. The van der Waals surface area contributed by atoms with E-state index in [0.717, 1.165) is 25.0 Å². The molecule has 0 aliphatic rings. The van der Waals surface area contributed by atoms with Gasteiger partial charge in [-0.1, -0.05) is 17.3 Å². The maximum absolute atomic E-state index is 12.5. The second-order valence-corrected chi connectivity index (χ2v) is 4.76. The molecule has 7 heteroatoms. The van der Waals surface area contributed by atoms with E-state index in [0.29, 0.717) is 30.1 Å². The first-order valence-corrected chi connectivity index (χ1v) is 7.15. The molecule has 1 rings (SSSR count). The summed E-state index contributed by atoms with van der Waals surface area (Å²) < 4.78 is 37.6. The van der Waals surface area contributed by atoms with Crippen LogP contribution in [0.4, 0.5) is 13.2 Å². The number of benzene rings is 1. The first-order chi connectivity index (χ1) is 9.99. The molecule has 0 aromatic heterocycles. The van der Waals surface area contributed by atoms with Crippen LogP contribution in [0.15, 0.2) is 29.4 Å².